The number of hydrogen-bond donors (Lipinski definition) is 1. The molecule has 0 atom stereocenters. The normalized spacial score (nSPS) is 16.6. The fourth-order valence-corrected chi connectivity index (χ4v) is 2.49. The second-order valence-corrected chi connectivity index (χ2v) is 4.68. The Hall–Kier alpha value is -1.03. The van der Waals surface area contributed by atoms with Gasteiger partial charge in [0.2, 0.25) is 5.95 Å². The Kier molecular flexibility index (Phi) is 4.42. The number of nitrogens with one attached hydrogen (secondary N) is 1. The van der Waals surface area contributed by atoms with Crippen LogP contribution in [-0.2, 0) is 4.74 Å². The molecule has 1 aromatic heterocycles. The Morgan fingerprint density at radius 3 is 2.94 bits per heavy atom. The van der Waals surface area contributed by atoms with Crippen molar-refractivity contribution in [2.75, 3.05) is 25.1 Å². The molecule has 0 saturated heterocycles. The van der Waals surface area contributed by atoms with E-state index in [4.69, 9.17) is 4.74 Å². The zero-order valence-corrected chi connectivity index (χ0v) is 10.9. The van der Waals surface area contributed by atoms with Gasteiger partial charge >= 0.3 is 0 Å². The molecule has 17 heavy (non-hydrogen) atoms. The Bertz CT molecular complexity index is 342. The van der Waals surface area contributed by atoms with Crippen molar-refractivity contribution in [3.05, 3.63) is 11.9 Å². The minimum absolute atomic E-state index is 0.644. The number of nitrogens with zero attached hydrogens (tertiary/aromatic N) is 2. The number of anilines is 1. The number of rotatable bonds is 6. The summed E-state index contributed by atoms with van der Waals surface area (Å²) < 4.78 is 7.64. The van der Waals surface area contributed by atoms with Crippen molar-refractivity contribution in [2.45, 2.75) is 45.6 Å². The van der Waals surface area contributed by atoms with Crippen LogP contribution in [0.1, 0.15) is 44.3 Å². The minimum atomic E-state index is 0.644. The van der Waals surface area contributed by atoms with Gasteiger partial charge in [-0.05, 0) is 26.7 Å². The SMILES string of the molecule is CCOCCNc1nc(C)cn1C1CCCC1. The maximum Gasteiger partial charge on any atom is 0.203 e. The Labute approximate surface area is 103 Å². The number of aryl methyl sites for hydroxylation is 1. The van der Waals surface area contributed by atoms with E-state index in [9.17, 15) is 0 Å². The average molecular weight is 237 g/mol. The van der Waals surface area contributed by atoms with E-state index < -0.39 is 0 Å². The van der Waals surface area contributed by atoms with Crippen molar-refractivity contribution in [3.8, 4) is 0 Å². The van der Waals surface area contributed by atoms with Crippen molar-refractivity contribution in [1.82, 2.24) is 9.55 Å². The summed E-state index contributed by atoms with van der Waals surface area (Å²) in [5.41, 5.74) is 1.09. The lowest BCUT2D eigenvalue weighted by Gasteiger charge is -2.15. The third kappa shape index (κ3) is 3.22. The fraction of sp³-hybridized carbons (Fsp3) is 0.769. The first-order valence-electron chi connectivity index (χ1n) is 6.68. The van der Waals surface area contributed by atoms with Crippen molar-refractivity contribution in [1.29, 1.82) is 0 Å². The van der Waals surface area contributed by atoms with Gasteiger partial charge in [0.15, 0.2) is 0 Å². The van der Waals surface area contributed by atoms with Gasteiger partial charge in [-0.2, -0.15) is 0 Å². The topological polar surface area (TPSA) is 39.1 Å². The molecule has 0 amide bonds. The Morgan fingerprint density at radius 1 is 1.47 bits per heavy atom. The van der Waals surface area contributed by atoms with Crippen LogP contribution in [0.4, 0.5) is 5.95 Å². The molecule has 0 radical (unpaired) electrons. The molecule has 0 spiro atoms. The molecule has 4 heteroatoms. The third-order valence-corrected chi connectivity index (χ3v) is 3.30. The zero-order chi connectivity index (χ0) is 12.1. The zero-order valence-electron chi connectivity index (χ0n) is 10.9. The quantitative estimate of drug-likeness (QED) is 0.773. The summed E-state index contributed by atoms with van der Waals surface area (Å²) in [5.74, 6) is 1.01. The highest BCUT2D eigenvalue weighted by molar-refractivity contribution is 5.29. The lowest BCUT2D eigenvalue weighted by Crippen LogP contribution is -2.15. The van der Waals surface area contributed by atoms with Gasteiger partial charge in [0.05, 0.1) is 12.3 Å². The monoisotopic (exact) mass is 237 g/mol. The average Bonchev–Trinajstić information content (AvgIpc) is 2.93. The lowest BCUT2D eigenvalue weighted by atomic mass is 10.2. The molecule has 0 aliphatic heterocycles. The molecule has 2 rings (SSSR count). The van der Waals surface area contributed by atoms with Crippen LogP contribution >= 0.6 is 0 Å². The van der Waals surface area contributed by atoms with Crippen molar-refractivity contribution in [3.63, 3.8) is 0 Å². The summed E-state index contributed by atoms with van der Waals surface area (Å²) in [6.45, 7) is 6.42. The summed E-state index contributed by atoms with van der Waals surface area (Å²) in [6.07, 6.45) is 7.44. The van der Waals surface area contributed by atoms with Crippen LogP contribution in [0.15, 0.2) is 6.20 Å². The van der Waals surface area contributed by atoms with E-state index in [0.717, 1.165) is 31.4 Å². The largest absolute Gasteiger partial charge is 0.380 e. The Balaban J connectivity index is 1.95. The molecular weight excluding hydrogens is 214 g/mol. The first kappa shape index (κ1) is 12.4. The second-order valence-electron chi connectivity index (χ2n) is 4.68. The fourth-order valence-electron chi connectivity index (χ4n) is 2.49. The van der Waals surface area contributed by atoms with Gasteiger partial charge in [0.1, 0.15) is 0 Å². The first-order chi connectivity index (χ1) is 8.31. The van der Waals surface area contributed by atoms with Crippen molar-refractivity contribution in [2.24, 2.45) is 0 Å². The highest BCUT2D eigenvalue weighted by atomic mass is 16.5. The molecular formula is C13H23N3O. The van der Waals surface area contributed by atoms with E-state index in [1.165, 1.54) is 25.7 Å². The van der Waals surface area contributed by atoms with Crippen LogP contribution in [0.3, 0.4) is 0 Å². The number of hydrogen-bond acceptors (Lipinski definition) is 3. The van der Waals surface area contributed by atoms with Gasteiger partial charge in [-0.3, -0.25) is 0 Å². The molecule has 1 saturated carbocycles. The second kappa shape index (κ2) is 6.05. The van der Waals surface area contributed by atoms with Gasteiger partial charge in [-0.15, -0.1) is 0 Å². The van der Waals surface area contributed by atoms with Crippen molar-refractivity contribution < 1.29 is 4.74 Å². The molecule has 1 aliphatic carbocycles. The van der Waals surface area contributed by atoms with Crippen LogP contribution < -0.4 is 5.32 Å². The first-order valence-corrected chi connectivity index (χ1v) is 6.68. The molecule has 1 heterocycles. The van der Waals surface area contributed by atoms with Gasteiger partial charge in [0, 0.05) is 25.4 Å². The van der Waals surface area contributed by atoms with E-state index in [-0.39, 0.29) is 0 Å². The number of aromatic nitrogens is 2. The molecule has 96 valence electrons. The molecule has 0 aromatic carbocycles. The van der Waals surface area contributed by atoms with Crippen LogP contribution in [0.5, 0.6) is 0 Å². The Morgan fingerprint density at radius 2 is 2.24 bits per heavy atom. The number of imidazole rings is 1. The van der Waals surface area contributed by atoms with Crippen LogP contribution in [0, 0.1) is 6.92 Å². The molecule has 1 fully saturated rings. The van der Waals surface area contributed by atoms with E-state index in [1.54, 1.807) is 0 Å². The molecule has 1 aromatic rings. The van der Waals surface area contributed by atoms with E-state index in [1.807, 2.05) is 6.92 Å². The van der Waals surface area contributed by atoms with E-state index in [2.05, 4.69) is 28.0 Å². The van der Waals surface area contributed by atoms with E-state index >= 15 is 0 Å². The maximum absolute atomic E-state index is 5.33. The molecule has 0 unspecified atom stereocenters. The summed E-state index contributed by atoms with van der Waals surface area (Å²) in [5, 5.41) is 3.37. The van der Waals surface area contributed by atoms with E-state index in [0.29, 0.717) is 6.04 Å². The highest BCUT2D eigenvalue weighted by Crippen LogP contribution is 2.31. The van der Waals surface area contributed by atoms with Gasteiger partial charge < -0.3 is 14.6 Å². The highest BCUT2D eigenvalue weighted by Gasteiger charge is 2.19. The lowest BCUT2D eigenvalue weighted by molar-refractivity contribution is 0.158. The number of ether oxygens (including phenoxy) is 1. The summed E-state index contributed by atoms with van der Waals surface area (Å²) in [4.78, 5) is 4.55. The maximum atomic E-state index is 5.33. The summed E-state index contributed by atoms with van der Waals surface area (Å²) in [6, 6.07) is 0.644. The van der Waals surface area contributed by atoms with Gasteiger partial charge in [0.25, 0.3) is 0 Å². The molecule has 1 aliphatic rings. The summed E-state index contributed by atoms with van der Waals surface area (Å²) in [7, 11) is 0. The van der Waals surface area contributed by atoms with Crippen LogP contribution in [-0.4, -0.2) is 29.3 Å². The molecule has 1 N–H and O–H groups in total. The third-order valence-electron chi connectivity index (χ3n) is 3.30. The predicted octanol–water partition coefficient (Wildman–Crippen LogP) is 2.76. The summed E-state index contributed by atoms with van der Waals surface area (Å²) >= 11 is 0. The predicted molar refractivity (Wildman–Crippen MR) is 69.5 cm³/mol. The van der Waals surface area contributed by atoms with Crippen molar-refractivity contribution >= 4 is 5.95 Å². The smallest absolute Gasteiger partial charge is 0.203 e. The van der Waals surface area contributed by atoms with Gasteiger partial charge in [-0.1, -0.05) is 12.8 Å². The standard InChI is InChI=1S/C13H23N3O/c1-3-17-9-8-14-13-15-11(2)10-16(13)12-6-4-5-7-12/h10,12H,3-9H2,1-2H3,(H,14,15). The van der Waals surface area contributed by atoms with Crippen LogP contribution in [0.25, 0.3) is 0 Å². The molecule has 4 nitrogen and oxygen atoms in total. The minimum Gasteiger partial charge on any atom is -0.380 e. The van der Waals surface area contributed by atoms with Crippen LogP contribution in [0.2, 0.25) is 0 Å². The molecule has 0 bridgehead atoms. The van der Waals surface area contributed by atoms with Gasteiger partial charge in [-0.25, -0.2) is 4.98 Å².